The van der Waals surface area contributed by atoms with Gasteiger partial charge in [-0.1, -0.05) is 52.8 Å². The first-order chi connectivity index (χ1) is 17.5. The van der Waals surface area contributed by atoms with Crippen LogP contribution in [0.4, 0.5) is 0 Å². The normalized spacial score (nSPS) is 16.6. The summed E-state index contributed by atoms with van der Waals surface area (Å²) in [7, 11) is 1.50. The Morgan fingerprint density at radius 2 is 1.86 bits per heavy atom. The number of rotatable bonds is 7. The van der Waals surface area contributed by atoms with Gasteiger partial charge in [-0.2, -0.15) is 10.1 Å². The molecule has 0 spiro atoms. The van der Waals surface area contributed by atoms with E-state index in [0.29, 0.717) is 43.2 Å². The highest BCUT2D eigenvalue weighted by atomic mass is 16.6. The molecule has 3 heterocycles. The Kier molecular flexibility index (Phi) is 6.62. The Morgan fingerprint density at radius 1 is 1.11 bits per heavy atom. The first-order valence-corrected chi connectivity index (χ1v) is 11.9. The molecular weight excluding hydrogens is 456 g/mol. The molecule has 4 aromatic rings. The predicted octanol–water partition coefficient (Wildman–Crippen LogP) is 4.38. The second-order valence-electron chi connectivity index (χ2n) is 8.89. The van der Waals surface area contributed by atoms with Gasteiger partial charge in [0.2, 0.25) is 5.89 Å². The average molecular weight is 485 g/mol. The molecule has 1 aliphatic rings. The molecule has 1 atom stereocenters. The van der Waals surface area contributed by atoms with Gasteiger partial charge in [0.05, 0.1) is 18.0 Å². The van der Waals surface area contributed by atoms with Crippen LogP contribution in [0, 0.1) is 13.8 Å². The predicted molar refractivity (Wildman–Crippen MR) is 134 cm³/mol. The molecule has 2 aromatic carbocycles. The number of aryl methyl sites for hydroxylation is 4. The highest BCUT2D eigenvalue weighted by Gasteiger charge is 2.38. The van der Waals surface area contributed by atoms with E-state index >= 15 is 0 Å². The van der Waals surface area contributed by atoms with E-state index in [-0.39, 0.29) is 5.91 Å². The summed E-state index contributed by atoms with van der Waals surface area (Å²) in [6.45, 7) is 4.97. The summed E-state index contributed by atoms with van der Waals surface area (Å²) in [6, 6.07) is 19.3. The number of hydrogen-bond acceptors (Lipinski definition) is 7. The second kappa shape index (κ2) is 10.2. The van der Waals surface area contributed by atoms with Crippen molar-refractivity contribution in [1.82, 2.24) is 24.8 Å². The number of amides is 1. The number of likely N-dealkylation sites (tertiary alicyclic amines) is 1. The minimum absolute atomic E-state index is 0.122. The summed E-state index contributed by atoms with van der Waals surface area (Å²) in [5.41, 5.74) is 5.55. The SMILES string of the molecule is CO/N=C1\C[C@@H](c2nc(CCn3nc(C)cc3C)no2)N(C(=O)c2ccc(-c3ccccc3)cc2)C1. The molecule has 0 bridgehead atoms. The summed E-state index contributed by atoms with van der Waals surface area (Å²) in [5, 5.41) is 12.7. The van der Waals surface area contributed by atoms with E-state index in [1.54, 1.807) is 4.90 Å². The lowest BCUT2D eigenvalue weighted by atomic mass is 10.0. The van der Waals surface area contributed by atoms with Gasteiger partial charge >= 0.3 is 0 Å². The topological polar surface area (TPSA) is 98.6 Å². The smallest absolute Gasteiger partial charge is 0.254 e. The van der Waals surface area contributed by atoms with Crippen LogP contribution in [0.25, 0.3) is 11.1 Å². The molecule has 0 radical (unpaired) electrons. The summed E-state index contributed by atoms with van der Waals surface area (Å²) >= 11 is 0. The van der Waals surface area contributed by atoms with E-state index in [2.05, 4.69) is 20.4 Å². The molecule has 0 N–H and O–H groups in total. The average Bonchev–Trinajstić information content (AvgIpc) is 3.61. The second-order valence-corrected chi connectivity index (χ2v) is 8.89. The molecule has 0 aliphatic carbocycles. The number of carbonyl (C=O) groups excluding carboxylic acids is 1. The molecule has 1 fully saturated rings. The van der Waals surface area contributed by atoms with E-state index in [4.69, 9.17) is 9.36 Å². The van der Waals surface area contributed by atoms with Crippen molar-refractivity contribution in [2.24, 2.45) is 5.16 Å². The van der Waals surface area contributed by atoms with Crippen LogP contribution < -0.4 is 0 Å². The van der Waals surface area contributed by atoms with Crippen molar-refractivity contribution in [2.45, 2.75) is 39.3 Å². The van der Waals surface area contributed by atoms with E-state index in [0.717, 1.165) is 28.2 Å². The molecule has 0 unspecified atom stereocenters. The summed E-state index contributed by atoms with van der Waals surface area (Å²) < 4.78 is 7.54. The fraction of sp³-hybridized carbons (Fsp3) is 0.296. The van der Waals surface area contributed by atoms with E-state index in [1.165, 1.54) is 7.11 Å². The highest BCUT2D eigenvalue weighted by Crippen LogP contribution is 2.32. The quantitative estimate of drug-likeness (QED) is 0.361. The van der Waals surface area contributed by atoms with Crippen molar-refractivity contribution in [3.8, 4) is 11.1 Å². The standard InChI is InChI=1S/C27H28N6O3/c1-18-15-19(2)33(29-18)14-13-25-28-26(36-31-25)24-16-23(30-35-3)17-32(24)27(34)22-11-9-21(10-12-22)20-7-5-4-6-8-20/h4-12,15,24H,13-14,16-17H2,1-3H3/b30-23+/t24-/m0/s1. The number of hydrogen-bond donors (Lipinski definition) is 0. The monoisotopic (exact) mass is 484 g/mol. The lowest BCUT2D eigenvalue weighted by molar-refractivity contribution is 0.0713. The van der Waals surface area contributed by atoms with E-state index in [9.17, 15) is 4.79 Å². The van der Waals surface area contributed by atoms with Crippen molar-refractivity contribution in [2.75, 3.05) is 13.7 Å². The third-order valence-electron chi connectivity index (χ3n) is 6.30. The van der Waals surface area contributed by atoms with Gasteiger partial charge in [-0.3, -0.25) is 9.48 Å². The summed E-state index contributed by atoms with van der Waals surface area (Å²) in [5.74, 6) is 0.853. The van der Waals surface area contributed by atoms with Gasteiger partial charge < -0.3 is 14.3 Å². The van der Waals surface area contributed by atoms with Crippen LogP contribution >= 0.6 is 0 Å². The maximum atomic E-state index is 13.5. The van der Waals surface area contributed by atoms with Crippen LogP contribution in [0.2, 0.25) is 0 Å². The molecule has 5 rings (SSSR count). The third-order valence-corrected chi connectivity index (χ3v) is 6.30. The van der Waals surface area contributed by atoms with Crippen LogP contribution in [-0.4, -0.2) is 50.1 Å². The lowest BCUT2D eigenvalue weighted by Gasteiger charge is -2.21. The maximum Gasteiger partial charge on any atom is 0.254 e. The van der Waals surface area contributed by atoms with Crippen molar-refractivity contribution in [3.05, 3.63) is 89.3 Å². The zero-order chi connectivity index (χ0) is 25.1. The first kappa shape index (κ1) is 23.5. The van der Waals surface area contributed by atoms with Gasteiger partial charge in [-0.15, -0.1) is 0 Å². The van der Waals surface area contributed by atoms with Gasteiger partial charge in [0.25, 0.3) is 5.91 Å². The Bertz CT molecular complexity index is 1370. The highest BCUT2D eigenvalue weighted by molar-refractivity contribution is 6.00. The van der Waals surface area contributed by atoms with Crippen LogP contribution in [0.15, 0.2) is 70.3 Å². The number of benzene rings is 2. The Morgan fingerprint density at radius 3 is 2.56 bits per heavy atom. The Labute approximate surface area is 209 Å². The molecular formula is C27H28N6O3. The Balaban J connectivity index is 1.34. The third kappa shape index (κ3) is 4.91. The fourth-order valence-electron chi connectivity index (χ4n) is 4.55. The summed E-state index contributed by atoms with van der Waals surface area (Å²) in [4.78, 5) is 24.8. The van der Waals surface area contributed by atoms with Gasteiger partial charge in [0.1, 0.15) is 13.2 Å². The maximum absolute atomic E-state index is 13.5. The van der Waals surface area contributed by atoms with Crippen LogP contribution in [0.3, 0.4) is 0 Å². The molecule has 1 saturated heterocycles. The minimum Gasteiger partial charge on any atom is -0.399 e. The fourth-order valence-corrected chi connectivity index (χ4v) is 4.55. The molecule has 184 valence electrons. The number of nitrogens with zero attached hydrogens (tertiary/aromatic N) is 6. The van der Waals surface area contributed by atoms with Crippen molar-refractivity contribution >= 4 is 11.6 Å². The molecule has 0 saturated carbocycles. The van der Waals surface area contributed by atoms with Crippen molar-refractivity contribution in [1.29, 1.82) is 0 Å². The number of aromatic nitrogens is 4. The minimum atomic E-state index is -0.407. The van der Waals surface area contributed by atoms with Crippen LogP contribution in [0.5, 0.6) is 0 Å². The Hall–Kier alpha value is -4.27. The summed E-state index contributed by atoms with van der Waals surface area (Å²) in [6.07, 6.45) is 1.05. The molecule has 9 nitrogen and oxygen atoms in total. The van der Waals surface area contributed by atoms with E-state index < -0.39 is 6.04 Å². The number of oxime groups is 1. The van der Waals surface area contributed by atoms with Gasteiger partial charge in [-0.05, 0) is 43.2 Å². The molecule has 36 heavy (non-hydrogen) atoms. The largest absolute Gasteiger partial charge is 0.399 e. The van der Waals surface area contributed by atoms with Crippen LogP contribution in [-0.2, 0) is 17.8 Å². The van der Waals surface area contributed by atoms with Crippen molar-refractivity contribution < 1.29 is 14.2 Å². The first-order valence-electron chi connectivity index (χ1n) is 11.9. The zero-order valence-electron chi connectivity index (χ0n) is 20.6. The molecule has 9 heteroatoms. The zero-order valence-corrected chi connectivity index (χ0v) is 20.6. The number of carbonyl (C=O) groups is 1. The van der Waals surface area contributed by atoms with Gasteiger partial charge in [0, 0.05) is 30.6 Å². The molecule has 1 amide bonds. The van der Waals surface area contributed by atoms with E-state index in [1.807, 2.05) is 79.2 Å². The van der Waals surface area contributed by atoms with Gasteiger partial charge in [0.15, 0.2) is 5.82 Å². The van der Waals surface area contributed by atoms with Gasteiger partial charge in [-0.25, -0.2) is 0 Å². The lowest BCUT2D eigenvalue weighted by Crippen LogP contribution is -2.31. The molecule has 1 aliphatic heterocycles. The van der Waals surface area contributed by atoms with Crippen LogP contribution in [0.1, 0.15) is 45.9 Å². The van der Waals surface area contributed by atoms with Crippen molar-refractivity contribution in [3.63, 3.8) is 0 Å². The molecule has 2 aromatic heterocycles.